The second kappa shape index (κ2) is 6.51. The molecular formula is C16H16F3N3OS. The van der Waals surface area contributed by atoms with E-state index in [1.807, 2.05) is 0 Å². The number of nitrogens with zero attached hydrogens (tertiary/aromatic N) is 3. The molecule has 0 aromatic heterocycles. The number of hydrogen-bond acceptors (Lipinski definition) is 2. The maximum absolute atomic E-state index is 12.7. The Labute approximate surface area is 142 Å². The molecule has 3 rings (SSSR count). The van der Waals surface area contributed by atoms with E-state index in [0.717, 1.165) is 29.9 Å². The van der Waals surface area contributed by atoms with E-state index >= 15 is 0 Å². The number of thioether (sulfide) groups is 1. The van der Waals surface area contributed by atoms with E-state index < -0.39 is 11.7 Å². The Morgan fingerprint density at radius 1 is 1.17 bits per heavy atom. The Morgan fingerprint density at radius 3 is 2.38 bits per heavy atom. The first kappa shape index (κ1) is 16.9. The number of anilines is 1. The minimum atomic E-state index is -4.37. The van der Waals surface area contributed by atoms with Crippen LogP contribution in [0, 0.1) is 0 Å². The van der Waals surface area contributed by atoms with E-state index in [1.165, 1.54) is 23.9 Å². The summed E-state index contributed by atoms with van der Waals surface area (Å²) in [5.41, 5.74) is -0.148. The van der Waals surface area contributed by atoms with Crippen molar-refractivity contribution in [2.45, 2.75) is 19.0 Å². The molecule has 2 heterocycles. The van der Waals surface area contributed by atoms with Crippen molar-refractivity contribution in [2.24, 2.45) is 4.99 Å². The zero-order chi connectivity index (χ0) is 17.3. The van der Waals surface area contributed by atoms with Gasteiger partial charge in [0, 0.05) is 23.7 Å². The molecule has 0 aliphatic carbocycles. The summed E-state index contributed by atoms with van der Waals surface area (Å²) in [5, 5.41) is 0.455. The average Bonchev–Trinajstić information content (AvgIpc) is 3.16. The van der Waals surface area contributed by atoms with Gasteiger partial charge in [0.15, 0.2) is 5.17 Å². The van der Waals surface area contributed by atoms with Gasteiger partial charge in [0.1, 0.15) is 0 Å². The number of carbonyl (C=O) groups is 1. The van der Waals surface area contributed by atoms with Crippen LogP contribution in [0.5, 0.6) is 0 Å². The summed E-state index contributed by atoms with van der Waals surface area (Å²) in [4.78, 5) is 20.5. The van der Waals surface area contributed by atoms with E-state index in [4.69, 9.17) is 0 Å². The van der Waals surface area contributed by atoms with Gasteiger partial charge in [-0.25, -0.2) is 4.79 Å². The number of aliphatic imine (C=N–C) groups is 1. The van der Waals surface area contributed by atoms with Gasteiger partial charge in [-0.15, -0.1) is 0 Å². The van der Waals surface area contributed by atoms with Crippen molar-refractivity contribution in [3.63, 3.8) is 0 Å². The molecule has 1 aromatic rings. The van der Waals surface area contributed by atoms with Crippen molar-refractivity contribution in [2.75, 3.05) is 24.5 Å². The molecule has 0 spiro atoms. The Kier molecular flexibility index (Phi) is 4.58. The third-order valence-electron chi connectivity index (χ3n) is 3.88. The van der Waals surface area contributed by atoms with Gasteiger partial charge in [-0.1, -0.05) is 18.3 Å². The number of urea groups is 1. The number of amides is 2. The molecular weight excluding hydrogens is 339 g/mol. The molecule has 2 aliphatic rings. The van der Waals surface area contributed by atoms with Crippen LogP contribution in [0.1, 0.15) is 18.4 Å². The molecule has 0 N–H and O–H groups in total. The highest BCUT2D eigenvalue weighted by atomic mass is 32.2. The summed E-state index contributed by atoms with van der Waals surface area (Å²) in [5.74, 6) is 0. The van der Waals surface area contributed by atoms with E-state index in [1.54, 1.807) is 9.80 Å². The predicted octanol–water partition coefficient (Wildman–Crippen LogP) is 4.34. The molecule has 0 unspecified atom stereocenters. The summed E-state index contributed by atoms with van der Waals surface area (Å²) in [6.45, 7) is 5.69. The van der Waals surface area contributed by atoms with Crippen LogP contribution < -0.4 is 4.90 Å². The number of halogens is 3. The normalized spacial score (nSPS) is 20.3. The molecule has 2 amide bonds. The monoisotopic (exact) mass is 355 g/mol. The second-order valence-electron chi connectivity index (χ2n) is 5.64. The summed E-state index contributed by atoms with van der Waals surface area (Å²) in [6, 6.07) is 4.53. The van der Waals surface area contributed by atoms with Crippen molar-refractivity contribution in [1.82, 2.24) is 4.90 Å². The Hall–Kier alpha value is -1.96. The van der Waals surface area contributed by atoms with Gasteiger partial charge in [-0.05, 0) is 37.1 Å². The van der Waals surface area contributed by atoms with Crippen LogP contribution in [0.2, 0.25) is 0 Å². The van der Waals surface area contributed by atoms with Crippen molar-refractivity contribution < 1.29 is 18.0 Å². The summed E-state index contributed by atoms with van der Waals surface area (Å²) < 4.78 is 38.0. The third-order valence-corrected chi connectivity index (χ3v) is 4.79. The number of rotatable bonds is 1. The maximum atomic E-state index is 12.7. The fourth-order valence-electron chi connectivity index (χ4n) is 2.64. The van der Waals surface area contributed by atoms with Gasteiger partial charge >= 0.3 is 12.2 Å². The first-order chi connectivity index (χ1) is 11.3. The van der Waals surface area contributed by atoms with E-state index in [0.29, 0.717) is 30.5 Å². The molecule has 2 aliphatic heterocycles. The molecule has 128 valence electrons. The van der Waals surface area contributed by atoms with Gasteiger partial charge in [0.05, 0.1) is 12.1 Å². The predicted molar refractivity (Wildman–Crippen MR) is 89.2 cm³/mol. The molecule has 2 saturated heterocycles. The largest absolute Gasteiger partial charge is 0.416 e. The lowest BCUT2D eigenvalue weighted by atomic mass is 10.2. The third kappa shape index (κ3) is 3.58. The summed E-state index contributed by atoms with van der Waals surface area (Å²) in [7, 11) is 0. The van der Waals surface area contributed by atoms with Crippen molar-refractivity contribution >= 4 is 28.6 Å². The zero-order valence-electron chi connectivity index (χ0n) is 12.8. The molecule has 0 saturated carbocycles. The number of hydrogen-bond donors (Lipinski definition) is 0. The lowest BCUT2D eigenvalue weighted by Gasteiger charge is -2.19. The number of alkyl halides is 3. The molecule has 8 heteroatoms. The van der Waals surface area contributed by atoms with Gasteiger partial charge < -0.3 is 9.80 Å². The van der Waals surface area contributed by atoms with Crippen molar-refractivity contribution in [1.29, 1.82) is 0 Å². The molecule has 24 heavy (non-hydrogen) atoms. The molecule has 0 radical (unpaired) electrons. The molecule has 0 atom stereocenters. The Bertz CT molecular complexity index is 679. The lowest BCUT2D eigenvalue weighted by molar-refractivity contribution is -0.137. The van der Waals surface area contributed by atoms with Crippen molar-refractivity contribution in [3.05, 3.63) is 41.3 Å². The number of amidine groups is 1. The first-order valence-corrected chi connectivity index (χ1v) is 8.34. The van der Waals surface area contributed by atoms with E-state index in [-0.39, 0.29) is 6.03 Å². The second-order valence-corrected chi connectivity index (χ2v) is 6.79. The highest BCUT2D eigenvalue weighted by molar-refractivity contribution is 8.18. The molecule has 0 bridgehead atoms. The van der Waals surface area contributed by atoms with Crippen LogP contribution in [0.25, 0.3) is 0 Å². The standard InChI is InChI=1S/C16H16F3N3OS/c1-11-10-22(13-6-4-12(5-7-13)16(17,18)19)15(24-11)20-14(23)21-8-2-3-9-21/h4-7H,1-3,8-10H2/b20-15-. The van der Waals surface area contributed by atoms with E-state index in [9.17, 15) is 18.0 Å². The highest BCUT2D eigenvalue weighted by Crippen LogP contribution is 2.35. The smallest absolute Gasteiger partial charge is 0.323 e. The topological polar surface area (TPSA) is 35.9 Å². The minimum absolute atomic E-state index is 0.304. The van der Waals surface area contributed by atoms with Crippen LogP contribution in [0.15, 0.2) is 40.7 Å². The van der Waals surface area contributed by atoms with E-state index in [2.05, 4.69) is 11.6 Å². The molecule has 1 aromatic carbocycles. The first-order valence-electron chi connectivity index (χ1n) is 7.52. The lowest BCUT2D eigenvalue weighted by Crippen LogP contribution is -2.29. The van der Waals surface area contributed by atoms with Gasteiger partial charge in [-0.2, -0.15) is 18.2 Å². The maximum Gasteiger partial charge on any atom is 0.416 e. The van der Waals surface area contributed by atoms with Gasteiger partial charge in [-0.3, -0.25) is 0 Å². The number of carbonyl (C=O) groups excluding carboxylic acids is 1. The average molecular weight is 355 g/mol. The van der Waals surface area contributed by atoms with Crippen LogP contribution in [-0.2, 0) is 6.18 Å². The number of benzene rings is 1. The molecule has 4 nitrogen and oxygen atoms in total. The van der Waals surface area contributed by atoms with Crippen molar-refractivity contribution in [3.8, 4) is 0 Å². The van der Waals surface area contributed by atoms with Gasteiger partial charge in [0.25, 0.3) is 0 Å². The number of likely N-dealkylation sites (tertiary alicyclic amines) is 1. The minimum Gasteiger partial charge on any atom is -0.323 e. The molecule has 2 fully saturated rings. The fraction of sp³-hybridized carbons (Fsp3) is 0.375. The fourth-order valence-corrected chi connectivity index (χ4v) is 3.49. The van der Waals surface area contributed by atoms with Crippen LogP contribution in [0.3, 0.4) is 0 Å². The SMILES string of the molecule is C=C1CN(c2ccc(C(F)(F)F)cc2)/C(=N/C(=O)N2CCCC2)S1. The summed E-state index contributed by atoms with van der Waals surface area (Å²) >= 11 is 1.28. The van der Waals surface area contributed by atoms with Crippen LogP contribution >= 0.6 is 11.8 Å². The van der Waals surface area contributed by atoms with Crippen LogP contribution in [-0.4, -0.2) is 35.7 Å². The Morgan fingerprint density at radius 2 is 1.79 bits per heavy atom. The highest BCUT2D eigenvalue weighted by Gasteiger charge is 2.31. The summed E-state index contributed by atoms with van der Waals surface area (Å²) in [6.07, 6.45) is -2.43. The van der Waals surface area contributed by atoms with Gasteiger partial charge in [0.2, 0.25) is 0 Å². The quantitative estimate of drug-likeness (QED) is 0.752. The van der Waals surface area contributed by atoms with Crippen LogP contribution in [0.4, 0.5) is 23.7 Å². The Balaban J connectivity index is 1.82. The zero-order valence-corrected chi connectivity index (χ0v) is 13.7.